The fraction of sp³-hybridized carbons (Fsp3) is 0.529. The van der Waals surface area contributed by atoms with E-state index in [0.717, 1.165) is 49.6 Å². The van der Waals surface area contributed by atoms with Gasteiger partial charge in [-0.15, -0.1) is 11.3 Å². The van der Waals surface area contributed by atoms with Crippen molar-refractivity contribution < 1.29 is 9.53 Å². The Labute approximate surface area is 139 Å². The van der Waals surface area contributed by atoms with Crippen molar-refractivity contribution in [3.63, 3.8) is 0 Å². The monoisotopic (exact) mass is 331 g/mol. The maximum absolute atomic E-state index is 12.9. The van der Waals surface area contributed by atoms with Gasteiger partial charge in [-0.1, -0.05) is 0 Å². The Bertz CT molecular complexity index is 698. The highest BCUT2D eigenvalue weighted by Gasteiger charge is 2.36. The number of thiophene rings is 1. The van der Waals surface area contributed by atoms with Gasteiger partial charge < -0.3 is 9.64 Å². The van der Waals surface area contributed by atoms with Gasteiger partial charge in [-0.05, 0) is 44.4 Å². The largest absolute Gasteiger partial charge is 0.381 e. The molecule has 1 N–H and O–H groups in total. The first-order valence-electron chi connectivity index (χ1n) is 8.21. The number of hydrogen-bond acceptors (Lipinski definition) is 4. The normalized spacial score (nSPS) is 20.8. The molecule has 2 fully saturated rings. The molecule has 6 heteroatoms. The number of rotatable bonds is 5. The van der Waals surface area contributed by atoms with Crippen molar-refractivity contribution >= 4 is 17.2 Å². The number of aromatic amines is 1. The highest BCUT2D eigenvalue weighted by atomic mass is 32.1. The highest BCUT2D eigenvalue weighted by Crippen LogP contribution is 2.31. The van der Waals surface area contributed by atoms with Gasteiger partial charge in [-0.3, -0.25) is 9.89 Å². The Hall–Kier alpha value is -1.66. The molecule has 0 aromatic carbocycles. The fourth-order valence-electron chi connectivity index (χ4n) is 3.07. The van der Waals surface area contributed by atoms with Crippen LogP contribution < -0.4 is 0 Å². The number of aryl methyl sites for hydroxylation is 1. The molecule has 1 atom stereocenters. The molecule has 23 heavy (non-hydrogen) atoms. The third kappa shape index (κ3) is 3.19. The molecule has 0 unspecified atom stereocenters. The first kappa shape index (κ1) is 14.9. The molecule has 4 rings (SSSR count). The SMILES string of the molecule is Cc1ccc(-c2cc(C(=O)N(C[C@H]3CCOC3)C3CC3)n[nH]2)s1. The third-order valence-corrected chi connectivity index (χ3v) is 5.56. The molecular weight excluding hydrogens is 310 g/mol. The summed E-state index contributed by atoms with van der Waals surface area (Å²) in [5.41, 5.74) is 1.45. The molecule has 1 aliphatic carbocycles. The molecule has 1 saturated heterocycles. The summed E-state index contributed by atoms with van der Waals surface area (Å²) in [5.74, 6) is 0.521. The van der Waals surface area contributed by atoms with Crippen molar-refractivity contribution in [3.8, 4) is 10.6 Å². The van der Waals surface area contributed by atoms with Gasteiger partial charge in [0, 0.05) is 30.0 Å². The second kappa shape index (κ2) is 6.09. The lowest BCUT2D eigenvalue weighted by Gasteiger charge is -2.24. The summed E-state index contributed by atoms with van der Waals surface area (Å²) in [6, 6.07) is 6.43. The van der Waals surface area contributed by atoms with Crippen molar-refractivity contribution in [2.75, 3.05) is 19.8 Å². The molecule has 1 saturated carbocycles. The maximum Gasteiger partial charge on any atom is 0.274 e. The van der Waals surface area contributed by atoms with Gasteiger partial charge in [0.2, 0.25) is 0 Å². The van der Waals surface area contributed by atoms with E-state index < -0.39 is 0 Å². The predicted molar refractivity (Wildman–Crippen MR) is 89.6 cm³/mol. The van der Waals surface area contributed by atoms with Gasteiger partial charge in [0.05, 0.1) is 17.2 Å². The minimum atomic E-state index is 0.0511. The van der Waals surface area contributed by atoms with Crippen LogP contribution in [0.15, 0.2) is 18.2 Å². The van der Waals surface area contributed by atoms with Gasteiger partial charge in [-0.2, -0.15) is 5.10 Å². The molecule has 2 aromatic rings. The van der Waals surface area contributed by atoms with Crippen LogP contribution >= 0.6 is 11.3 Å². The Balaban J connectivity index is 1.51. The average molecular weight is 331 g/mol. The lowest BCUT2D eigenvalue weighted by molar-refractivity contribution is 0.0700. The van der Waals surface area contributed by atoms with Crippen LogP contribution in [0.5, 0.6) is 0 Å². The van der Waals surface area contributed by atoms with E-state index in [0.29, 0.717) is 17.7 Å². The molecule has 0 bridgehead atoms. The van der Waals surface area contributed by atoms with E-state index in [4.69, 9.17) is 4.74 Å². The first-order valence-corrected chi connectivity index (χ1v) is 9.03. The van der Waals surface area contributed by atoms with E-state index in [1.54, 1.807) is 11.3 Å². The molecule has 0 radical (unpaired) electrons. The summed E-state index contributed by atoms with van der Waals surface area (Å²) in [6.07, 6.45) is 3.28. The predicted octanol–water partition coefficient (Wildman–Crippen LogP) is 3.09. The minimum absolute atomic E-state index is 0.0511. The van der Waals surface area contributed by atoms with Crippen LogP contribution in [0.3, 0.4) is 0 Å². The smallest absolute Gasteiger partial charge is 0.274 e. The van der Waals surface area contributed by atoms with E-state index in [-0.39, 0.29) is 5.91 Å². The number of carbonyl (C=O) groups is 1. The number of nitrogens with one attached hydrogen (secondary N) is 1. The van der Waals surface area contributed by atoms with Crippen molar-refractivity contribution in [1.29, 1.82) is 0 Å². The quantitative estimate of drug-likeness (QED) is 0.916. The second-order valence-corrected chi connectivity index (χ2v) is 7.78. The molecule has 2 aromatic heterocycles. The molecule has 2 aliphatic rings. The summed E-state index contributed by atoms with van der Waals surface area (Å²) in [5, 5.41) is 7.28. The van der Waals surface area contributed by atoms with Crippen LogP contribution in [-0.2, 0) is 4.74 Å². The van der Waals surface area contributed by atoms with Crippen LogP contribution in [0.4, 0.5) is 0 Å². The first-order chi connectivity index (χ1) is 11.2. The maximum atomic E-state index is 12.9. The van der Waals surface area contributed by atoms with Gasteiger partial charge in [-0.25, -0.2) is 0 Å². The summed E-state index contributed by atoms with van der Waals surface area (Å²) in [6.45, 7) is 4.47. The molecule has 1 aliphatic heterocycles. The van der Waals surface area contributed by atoms with Crippen molar-refractivity contribution in [2.24, 2.45) is 5.92 Å². The molecule has 122 valence electrons. The van der Waals surface area contributed by atoms with Crippen molar-refractivity contribution in [1.82, 2.24) is 15.1 Å². The zero-order chi connectivity index (χ0) is 15.8. The summed E-state index contributed by atoms with van der Waals surface area (Å²) >= 11 is 1.71. The Morgan fingerprint density at radius 1 is 1.43 bits per heavy atom. The van der Waals surface area contributed by atoms with E-state index in [9.17, 15) is 4.79 Å². The Kier molecular flexibility index (Phi) is 3.95. The zero-order valence-electron chi connectivity index (χ0n) is 13.2. The number of H-pyrrole nitrogens is 1. The zero-order valence-corrected chi connectivity index (χ0v) is 14.1. The fourth-order valence-corrected chi connectivity index (χ4v) is 3.91. The van der Waals surface area contributed by atoms with Gasteiger partial charge in [0.15, 0.2) is 5.69 Å². The van der Waals surface area contributed by atoms with Crippen LogP contribution in [0.1, 0.15) is 34.6 Å². The number of carbonyl (C=O) groups excluding carboxylic acids is 1. The molecular formula is C17H21N3O2S. The van der Waals surface area contributed by atoms with Crippen molar-refractivity contribution in [3.05, 3.63) is 28.8 Å². The van der Waals surface area contributed by atoms with E-state index >= 15 is 0 Å². The lowest BCUT2D eigenvalue weighted by Crippen LogP contribution is -2.37. The van der Waals surface area contributed by atoms with E-state index in [1.807, 2.05) is 11.0 Å². The van der Waals surface area contributed by atoms with Crippen LogP contribution in [0.2, 0.25) is 0 Å². The molecule has 3 heterocycles. The topological polar surface area (TPSA) is 58.2 Å². The van der Waals surface area contributed by atoms with Gasteiger partial charge in [0.25, 0.3) is 5.91 Å². The average Bonchev–Trinajstić information content (AvgIpc) is 2.99. The molecule has 1 amide bonds. The minimum Gasteiger partial charge on any atom is -0.381 e. The standard InChI is InChI=1S/C17H21N3O2S/c1-11-2-5-16(23-11)14-8-15(19-18-14)17(21)20(13-3-4-13)9-12-6-7-22-10-12/h2,5,8,12-13H,3-4,6-7,9-10H2,1H3,(H,18,19)/t12-/m1/s1. The summed E-state index contributed by atoms with van der Waals surface area (Å²) in [4.78, 5) is 17.3. The number of hydrogen-bond donors (Lipinski definition) is 1. The molecule has 5 nitrogen and oxygen atoms in total. The summed E-state index contributed by atoms with van der Waals surface area (Å²) < 4.78 is 5.45. The number of aromatic nitrogens is 2. The van der Waals surface area contributed by atoms with Gasteiger partial charge in [0.1, 0.15) is 0 Å². The van der Waals surface area contributed by atoms with Gasteiger partial charge >= 0.3 is 0 Å². The Morgan fingerprint density at radius 3 is 2.96 bits per heavy atom. The van der Waals surface area contributed by atoms with Crippen LogP contribution in [-0.4, -0.2) is 46.8 Å². The van der Waals surface area contributed by atoms with Crippen molar-refractivity contribution in [2.45, 2.75) is 32.2 Å². The Morgan fingerprint density at radius 2 is 2.30 bits per heavy atom. The van der Waals surface area contributed by atoms with Crippen LogP contribution in [0, 0.1) is 12.8 Å². The summed E-state index contributed by atoms with van der Waals surface area (Å²) in [7, 11) is 0. The van der Waals surface area contributed by atoms with E-state index in [1.165, 1.54) is 4.88 Å². The molecule has 0 spiro atoms. The number of ether oxygens (including phenoxy) is 1. The second-order valence-electron chi connectivity index (χ2n) is 6.50. The lowest BCUT2D eigenvalue weighted by atomic mass is 10.1. The highest BCUT2D eigenvalue weighted by molar-refractivity contribution is 7.15. The van der Waals surface area contributed by atoms with E-state index in [2.05, 4.69) is 29.3 Å². The van der Waals surface area contributed by atoms with Crippen LogP contribution in [0.25, 0.3) is 10.6 Å². The number of nitrogens with zero attached hydrogens (tertiary/aromatic N) is 2. The third-order valence-electron chi connectivity index (χ3n) is 4.53. The number of amides is 1.